The molecule has 1 atom stereocenters. The van der Waals surface area contributed by atoms with Crippen LogP contribution in [0.5, 0.6) is 5.75 Å². The van der Waals surface area contributed by atoms with E-state index in [1.807, 2.05) is 24.3 Å². The van der Waals surface area contributed by atoms with Gasteiger partial charge in [-0.2, -0.15) is 0 Å². The lowest BCUT2D eigenvalue weighted by atomic mass is 9.86. The zero-order valence-electron chi connectivity index (χ0n) is 10.1. The molecule has 86 valence electrons. The van der Waals surface area contributed by atoms with Crippen molar-refractivity contribution >= 4 is 5.78 Å². The number of Topliss-reactive ketones (excluding diaryl/α,β-unsaturated/α-hetero) is 1. The normalized spacial score (nSPS) is 20.2. The largest absolute Gasteiger partial charge is 0.489 e. The van der Waals surface area contributed by atoms with Gasteiger partial charge in [0.2, 0.25) is 0 Å². The molecule has 0 saturated heterocycles. The van der Waals surface area contributed by atoms with Gasteiger partial charge in [0.15, 0.2) is 5.78 Å². The van der Waals surface area contributed by atoms with Crippen molar-refractivity contribution in [2.45, 2.75) is 39.7 Å². The zero-order chi connectivity index (χ0) is 11.8. The van der Waals surface area contributed by atoms with Crippen molar-refractivity contribution in [3.8, 4) is 5.75 Å². The molecule has 1 heterocycles. The monoisotopic (exact) mass is 218 g/mol. The summed E-state index contributed by atoms with van der Waals surface area (Å²) in [7, 11) is 0. The van der Waals surface area contributed by atoms with Gasteiger partial charge in [0, 0.05) is 6.42 Å². The van der Waals surface area contributed by atoms with E-state index in [1.54, 1.807) is 0 Å². The lowest BCUT2D eigenvalue weighted by Crippen LogP contribution is -2.30. The van der Waals surface area contributed by atoms with Crippen LogP contribution in [0.4, 0.5) is 0 Å². The van der Waals surface area contributed by atoms with Crippen LogP contribution in [-0.2, 0) is 0 Å². The van der Waals surface area contributed by atoms with Gasteiger partial charge in [-0.3, -0.25) is 4.79 Å². The molecule has 0 aromatic heterocycles. The second-order valence-electron chi connectivity index (χ2n) is 5.63. The first-order valence-corrected chi connectivity index (χ1v) is 5.74. The molecule has 0 amide bonds. The van der Waals surface area contributed by atoms with Crippen LogP contribution in [0.1, 0.15) is 44.0 Å². The quantitative estimate of drug-likeness (QED) is 0.721. The molecular weight excluding hydrogens is 200 g/mol. The van der Waals surface area contributed by atoms with Gasteiger partial charge in [-0.05, 0) is 24.0 Å². The Kier molecular flexibility index (Phi) is 2.75. The van der Waals surface area contributed by atoms with E-state index in [0.29, 0.717) is 6.42 Å². The third-order valence-corrected chi connectivity index (χ3v) is 2.73. The number of carbonyl (C=O) groups excluding carboxylic acids is 1. The van der Waals surface area contributed by atoms with Crippen molar-refractivity contribution in [2.75, 3.05) is 0 Å². The van der Waals surface area contributed by atoms with Crippen molar-refractivity contribution in [1.82, 2.24) is 0 Å². The highest BCUT2D eigenvalue weighted by atomic mass is 16.5. The fraction of sp³-hybridized carbons (Fsp3) is 0.500. The summed E-state index contributed by atoms with van der Waals surface area (Å²) < 4.78 is 5.86. The van der Waals surface area contributed by atoms with E-state index in [2.05, 4.69) is 20.8 Å². The third-order valence-electron chi connectivity index (χ3n) is 2.73. The molecule has 1 aliphatic heterocycles. The summed E-state index contributed by atoms with van der Waals surface area (Å²) in [6.45, 7) is 6.50. The highest BCUT2D eigenvalue weighted by Gasteiger charge is 2.29. The Balaban J connectivity index is 2.18. The van der Waals surface area contributed by atoms with Crippen LogP contribution in [0.25, 0.3) is 0 Å². The van der Waals surface area contributed by atoms with Crippen molar-refractivity contribution in [3.63, 3.8) is 0 Å². The SMILES string of the molecule is CC(C)(C)CC1CC(=O)c2ccccc2O1. The average Bonchev–Trinajstić information content (AvgIpc) is 2.15. The number of ether oxygens (including phenoxy) is 1. The summed E-state index contributed by atoms with van der Waals surface area (Å²) in [5.41, 5.74) is 0.921. The first-order chi connectivity index (χ1) is 7.46. The Morgan fingerprint density at radius 2 is 2.00 bits per heavy atom. The zero-order valence-corrected chi connectivity index (χ0v) is 10.1. The molecule has 0 bridgehead atoms. The molecule has 0 radical (unpaired) electrons. The highest BCUT2D eigenvalue weighted by molar-refractivity contribution is 5.99. The number of hydrogen-bond donors (Lipinski definition) is 0. The Morgan fingerprint density at radius 3 is 2.69 bits per heavy atom. The smallest absolute Gasteiger partial charge is 0.170 e. The predicted octanol–water partition coefficient (Wildman–Crippen LogP) is 3.46. The third kappa shape index (κ3) is 2.43. The summed E-state index contributed by atoms with van der Waals surface area (Å²) in [6, 6.07) is 7.50. The van der Waals surface area contributed by atoms with E-state index in [9.17, 15) is 4.79 Å². The lowest BCUT2D eigenvalue weighted by Gasteiger charge is -2.30. The summed E-state index contributed by atoms with van der Waals surface area (Å²) in [5.74, 6) is 0.948. The number of fused-ring (bicyclic) bond motifs is 1. The molecular formula is C14H18O2. The van der Waals surface area contributed by atoms with E-state index < -0.39 is 0 Å². The van der Waals surface area contributed by atoms with E-state index >= 15 is 0 Å². The van der Waals surface area contributed by atoms with Crippen LogP contribution in [0.15, 0.2) is 24.3 Å². The van der Waals surface area contributed by atoms with Gasteiger partial charge in [-0.15, -0.1) is 0 Å². The van der Waals surface area contributed by atoms with Crippen molar-refractivity contribution in [1.29, 1.82) is 0 Å². The molecule has 0 fully saturated rings. The van der Waals surface area contributed by atoms with Gasteiger partial charge in [-0.1, -0.05) is 32.9 Å². The average molecular weight is 218 g/mol. The molecule has 2 heteroatoms. The topological polar surface area (TPSA) is 26.3 Å². The van der Waals surface area contributed by atoms with Crippen LogP contribution < -0.4 is 4.74 Å². The van der Waals surface area contributed by atoms with Crippen LogP contribution in [-0.4, -0.2) is 11.9 Å². The molecule has 1 aromatic rings. The van der Waals surface area contributed by atoms with E-state index in [1.165, 1.54) is 0 Å². The van der Waals surface area contributed by atoms with Gasteiger partial charge in [0.25, 0.3) is 0 Å². The second-order valence-corrected chi connectivity index (χ2v) is 5.63. The lowest BCUT2D eigenvalue weighted by molar-refractivity contribution is 0.0776. The standard InChI is InChI=1S/C14H18O2/c1-14(2,3)9-10-8-12(15)11-6-4-5-7-13(11)16-10/h4-7,10H,8-9H2,1-3H3. The number of carbonyl (C=O) groups is 1. The summed E-state index contributed by atoms with van der Waals surface area (Å²) in [6.07, 6.45) is 1.45. The number of ketones is 1. The Hall–Kier alpha value is -1.31. The molecule has 1 aliphatic rings. The minimum Gasteiger partial charge on any atom is -0.489 e. The molecule has 0 aliphatic carbocycles. The first kappa shape index (κ1) is 11.2. The van der Waals surface area contributed by atoms with Gasteiger partial charge in [-0.25, -0.2) is 0 Å². The minimum absolute atomic E-state index is 0.0300. The number of hydrogen-bond acceptors (Lipinski definition) is 2. The molecule has 16 heavy (non-hydrogen) atoms. The van der Waals surface area contributed by atoms with Gasteiger partial charge in [0.1, 0.15) is 11.9 Å². The summed E-state index contributed by atoms with van der Waals surface area (Å²) >= 11 is 0. The molecule has 2 nitrogen and oxygen atoms in total. The van der Waals surface area contributed by atoms with Gasteiger partial charge >= 0.3 is 0 Å². The Bertz CT molecular complexity index is 401. The van der Waals surface area contributed by atoms with Gasteiger partial charge < -0.3 is 4.74 Å². The van der Waals surface area contributed by atoms with E-state index in [4.69, 9.17) is 4.74 Å². The maximum absolute atomic E-state index is 11.9. The molecule has 1 unspecified atom stereocenters. The van der Waals surface area contributed by atoms with Crippen molar-refractivity contribution in [3.05, 3.63) is 29.8 Å². The van der Waals surface area contributed by atoms with Crippen molar-refractivity contribution < 1.29 is 9.53 Å². The highest BCUT2D eigenvalue weighted by Crippen LogP contribution is 2.32. The minimum atomic E-state index is 0.0300. The molecule has 0 saturated carbocycles. The molecule has 2 rings (SSSR count). The van der Waals surface area contributed by atoms with Crippen LogP contribution in [0.2, 0.25) is 0 Å². The second kappa shape index (κ2) is 3.93. The van der Waals surface area contributed by atoms with Gasteiger partial charge in [0.05, 0.1) is 5.56 Å². The summed E-state index contributed by atoms with van der Waals surface area (Å²) in [4.78, 5) is 11.9. The summed E-state index contributed by atoms with van der Waals surface area (Å²) in [5, 5.41) is 0. The predicted molar refractivity (Wildman–Crippen MR) is 63.9 cm³/mol. The number of para-hydroxylation sites is 1. The van der Waals surface area contributed by atoms with E-state index in [-0.39, 0.29) is 17.3 Å². The number of benzene rings is 1. The molecule has 0 N–H and O–H groups in total. The number of rotatable bonds is 1. The Morgan fingerprint density at radius 1 is 1.31 bits per heavy atom. The molecule has 0 spiro atoms. The van der Waals surface area contributed by atoms with Crippen LogP contribution >= 0.6 is 0 Å². The fourth-order valence-corrected chi connectivity index (χ4v) is 2.13. The van der Waals surface area contributed by atoms with Crippen LogP contribution in [0, 0.1) is 5.41 Å². The fourth-order valence-electron chi connectivity index (χ4n) is 2.13. The Labute approximate surface area is 96.6 Å². The first-order valence-electron chi connectivity index (χ1n) is 5.74. The maximum Gasteiger partial charge on any atom is 0.170 e. The molecule has 1 aromatic carbocycles. The van der Waals surface area contributed by atoms with E-state index in [0.717, 1.165) is 17.7 Å². The maximum atomic E-state index is 11.9. The van der Waals surface area contributed by atoms with Crippen LogP contribution in [0.3, 0.4) is 0 Å². The van der Waals surface area contributed by atoms with Crippen molar-refractivity contribution in [2.24, 2.45) is 5.41 Å².